The van der Waals surface area contributed by atoms with Gasteiger partial charge in [-0.3, -0.25) is 4.72 Å². The third-order valence-corrected chi connectivity index (χ3v) is 5.04. The largest absolute Gasteiger partial charge is 0.493 e. The number of rotatable bonds is 9. The summed E-state index contributed by atoms with van der Waals surface area (Å²) in [6, 6.07) is 12.1. The highest BCUT2D eigenvalue weighted by atomic mass is 35.5. The van der Waals surface area contributed by atoms with Crippen LogP contribution in [0.25, 0.3) is 10.9 Å². The van der Waals surface area contributed by atoms with E-state index in [0.717, 1.165) is 45.2 Å². The van der Waals surface area contributed by atoms with Gasteiger partial charge >= 0.3 is 0 Å². The summed E-state index contributed by atoms with van der Waals surface area (Å²) in [5.41, 5.74) is 2.88. The Kier molecular flexibility index (Phi) is 7.19. The lowest BCUT2D eigenvalue weighted by molar-refractivity contribution is 0.318. The molecule has 8 heteroatoms. The van der Waals surface area contributed by atoms with Gasteiger partial charge in [-0.1, -0.05) is 0 Å². The van der Waals surface area contributed by atoms with Crippen LogP contribution < -0.4 is 19.7 Å². The van der Waals surface area contributed by atoms with Crippen LogP contribution in [0.5, 0.6) is 5.75 Å². The number of halogens is 1. The van der Waals surface area contributed by atoms with Crippen molar-refractivity contribution in [1.82, 2.24) is 14.7 Å². The fourth-order valence-electron chi connectivity index (χ4n) is 2.78. The highest BCUT2D eigenvalue weighted by Crippen LogP contribution is 2.33. The molecule has 0 aliphatic carbocycles. The second kappa shape index (κ2) is 9.82. The van der Waals surface area contributed by atoms with Crippen molar-refractivity contribution < 1.29 is 4.74 Å². The molecule has 0 saturated carbocycles. The van der Waals surface area contributed by atoms with Crippen LogP contribution in [0.15, 0.2) is 47.6 Å². The maximum Gasteiger partial charge on any atom is 0.141 e. The molecule has 0 saturated heterocycles. The number of hydrogen-bond acceptors (Lipinski definition) is 7. The number of benzene rings is 2. The summed E-state index contributed by atoms with van der Waals surface area (Å²) in [7, 11) is 5.95. The third kappa shape index (κ3) is 4.98. The van der Waals surface area contributed by atoms with E-state index in [1.807, 2.05) is 39.3 Å². The van der Waals surface area contributed by atoms with Crippen LogP contribution in [0.1, 0.15) is 6.42 Å². The van der Waals surface area contributed by atoms with Crippen molar-refractivity contribution >= 4 is 51.6 Å². The molecular weight excluding hydrogens is 394 g/mol. The van der Waals surface area contributed by atoms with Gasteiger partial charge in [-0.25, -0.2) is 9.97 Å². The van der Waals surface area contributed by atoms with Crippen LogP contribution >= 0.6 is 23.5 Å². The zero-order valence-electron chi connectivity index (χ0n) is 16.2. The maximum absolute atomic E-state index is 5.72. The minimum absolute atomic E-state index is 0.586. The number of nitrogens with one attached hydrogen (secondary N) is 2. The maximum atomic E-state index is 5.72. The fourth-order valence-corrected chi connectivity index (χ4v) is 3.44. The number of aromatic nitrogens is 2. The lowest BCUT2D eigenvalue weighted by atomic mass is 10.2. The van der Waals surface area contributed by atoms with Crippen molar-refractivity contribution in [2.75, 3.05) is 43.8 Å². The van der Waals surface area contributed by atoms with Crippen LogP contribution in [0.3, 0.4) is 0 Å². The lowest BCUT2D eigenvalue weighted by Crippen LogP contribution is -2.11. The van der Waals surface area contributed by atoms with Gasteiger partial charge < -0.3 is 15.0 Å². The van der Waals surface area contributed by atoms with Gasteiger partial charge in [0.05, 0.1) is 23.5 Å². The topological polar surface area (TPSA) is 62.3 Å². The van der Waals surface area contributed by atoms with E-state index in [2.05, 4.69) is 43.1 Å². The highest BCUT2D eigenvalue weighted by Gasteiger charge is 2.11. The molecule has 0 amide bonds. The van der Waals surface area contributed by atoms with Gasteiger partial charge in [0.15, 0.2) is 0 Å². The van der Waals surface area contributed by atoms with Gasteiger partial charge in [0, 0.05) is 36.3 Å². The number of nitrogens with zero attached hydrogens (tertiary/aromatic N) is 3. The molecule has 0 unspecified atom stereocenters. The van der Waals surface area contributed by atoms with Crippen LogP contribution in [-0.2, 0) is 0 Å². The van der Waals surface area contributed by atoms with Gasteiger partial charge in [-0.2, -0.15) is 0 Å². The average Bonchev–Trinajstić information content (AvgIpc) is 2.68. The smallest absolute Gasteiger partial charge is 0.141 e. The molecule has 0 fully saturated rings. The van der Waals surface area contributed by atoms with Crippen molar-refractivity contribution in [3.63, 3.8) is 0 Å². The molecule has 0 bridgehead atoms. The Morgan fingerprint density at radius 3 is 2.75 bits per heavy atom. The highest BCUT2D eigenvalue weighted by molar-refractivity contribution is 7.97. The van der Waals surface area contributed by atoms with Gasteiger partial charge in [-0.05, 0) is 55.7 Å². The van der Waals surface area contributed by atoms with Gasteiger partial charge in [-0.15, -0.1) is 11.6 Å². The minimum Gasteiger partial charge on any atom is -0.493 e. The first-order valence-electron chi connectivity index (χ1n) is 8.98. The van der Waals surface area contributed by atoms with E-state index in [-0.39, 0.29) is 0 Å². The quantitative estimate of drug-likeness (QED) is 0.298. The summed E-state index contributed by atoms with van der Waals surface area (Å²) < 4.78 is 8.83. The Morgan fingerprint density at radius 2 is 2.00 bits per heavy atom. The molecule has 0 aliphatic rings. The molecule has 1 heterocycles. The fraction of sp³-hybridized carbons (Fsp3) is 0.300. The Hall–Kier alpha value is -2.22. The van der Waals surface area contributed by atoms with Crippen molar-refractivity contribution in [2.24, 2.45) is 0 Å². The van der Waals surface area contributed by atoms with E-state index >= 15 is 0 Å². The summed E-state index contributed by atoms with van der Waals surface area (Å²) in [5.74, 6) is 2.12. The molecule has 3 aromatic rings. The van der Waals surface area contributed by atoms with Gasteiger partial charge in [0.1, 0.15) is 17.9 Å². The van der Waals surface area contributed by atoms with Crippen LogP contribution in [0.4, 0.5) is 17.2 Å². The molecule has 28 heavy (non-hydrogen) atoms. The van der Waals surface area contributed by atoms with E-state index in [1.165, 1.54) is 0 Å². The van der Waals surface area contributed by atoms with E-state index in [9.17, 15) is 0 Å². The molecule has 1 aromatic heterocycles. The first-order valence-corrected chi connectivity index (χ1v) is 10.3. The Labute approximate surface area is 174 Å². The number of alkyl halides is 1. The molecule has 2 N–H and O–H groups in total. The zero-order valence-corrected chi connectivity index (χ0v) is 17.8. The van der Waals surface area contributed by atoms with Crippen molar-refractivity contribution in [2.45, 2.75) is 11.3 Å². The Balaban J connectivity index is 1.92. The predicted molar refractivity (Wildman–Crippen MR) is 119 cm³/mol. The van der Waals surface area contributed by atoms with Crippen LogP contribution in [-0.4, -0.2) is 43.6 Å². The standard InChI is InChI=1S/C20H24ClN5OS/c1-22-28-15-6-8-19(26(2)3)18(12-15)25-20-16-7-5-14(27-10-4-9-21)11-17(16)23-13-24-20/h5-8,11-13,22H,4,9-10H2,1-3H3,(H,23,24,25). The summed E-state index contributed by atoms with van der Waals surface area (Å²) in [5, 5.41) is 4.41. The number of hydrogen-bond donors (Lipinski definition) is 2. The van der Waals surface area contributed by atoms with Crippen LogP contribution in [0.2, 0.25) is 0 Å². The Bertz CT molecular complexity index is 938. The molecule has 0 radical (unpaired) electrons. The molecule has 3 rings (SSSR count). The van der Waals surface area contributed by atoms with Crippen molar-refractivity contribution in [1.29, 1.82) is 0 Å². The minimum atomic E-state index is 0.586. The van der Waals surface area contributed by atoms with E-state index < -0.39 is 0 Å². The van der Waals surface area contributed by atoms with Gasteiger partial charge in [0.2, 0.25) is 0 Å². The normalized spacial score (nSPS) is 10.9. The van der Waals surface area contributed by atoms with Crippen molar-refractivity contribution in [3.8, 4) is 5.75 Å². The number of anilines is 3. The van der Waals surface area contributed by atoms with E-state index in [4.69, 9.17) is 16.3 Å². The summed E-state index contributed by atoms with van der Waals surface area (Å²) >= 11 is 7.28. The molecule has 148 valence electrons. The molecule has 0 spiro atoms. The summed E-state index contributed by atoms with van der Waals surface area (Å²) in [4.78, 5) is 12.0. The number of fused-ring (bicyclic) bond motifs is 1. The molecule has 2 aromatic carbocycles. The van der Waals surface area contributed by atoms with E-state index in [0.29, 0.717) is 12.5 Å². The SMILES string of the molecule is CNSc1ccc(N(C)C)c(Nc2ncnc3cc(OCCCCl)ccc23)c1. The second-order valence-corrected chi connectivity index (χ2v) is 7.76. The summed E-state index contributed by atoms with van der Waals surface area (Å²) in [6.07, 6.45) is 2.37. The van der Waals surface area contributed by atoms with Crippen LogP contribution in [0, 0.1) is 0 Å². The molecule has 0 aliphatic heterocycles. The second-order valence-electron chi connectivity index (χ2n) is 6.30. The summed E-state index contributed by atoms with van der Waals surface area (Å²) in [6.45, 7) is 0.591. The monoisotopic (exact) mass is 417 g/mol. The third-order valence-electron chi connectivity index (χ3n) is 4.08. The van der Waals surface area contributed by atoms with E-state index in [1.54, 1.807) is 18.3 Å². The van der Waals surface area contributed by atoms with Crippen molar-refractivity contribution in [3.05, 3.63) is 42.7 Å². The lowest BCUT2D eigenvalue weighted by Gasteiger charge is -2.19. The Morgan fingerprint density at radius 1 is 1.14 bits per heavy atom. The molecular formula is C20H24ClN5OS. The number of ether oxygens (including phenoxy) is 1. The molecule has 0 atom stereocenters. The molecule has 6 nitrogen and oxygen atoms in total. The first-order chi connectivity index (χ1) is 13.6. The predicted octanol–water partition coefficient (Wildman–Crippen LogP) is 4.67. The average molecular weight is 418 g/mol. The first kappa shape index (κ1) is 20.5. The zero-order chi connectivity index (χ0) is 19.9. The van der Waals surface area contributed by atoms with Gasteiger partial charge in [0.25, 0.3) is 0 Å².